The molecular weight excluding hydrogens is 223 g/mol. The molecule has 0 saturated carbocycles. The molecule has 68 valence electrons. The molecule has 0 amide bonds. The van der Waals surface area contributed by atoms with E-state index in [0.717, 1.165) is 0 Å². The fourth-order valence-electron chi connectivity index (χ4n) is 0.796. The van der Waals surface area contributed by atoms with Crippen molar-refractivity contribution in [3.63, 3.8) is 0 Å². The summed E-state index contributed by atoms with van der Waals surface area (Å²) in [4.78, 5) is 6.26. The van der Waals surface area contributed by atoms with E-state index in [1.54, 1.807) is 6.19 Å². The smallest absolute Gasteiger partial charge is 0.181 e. The lowest BCUT2D eigenvalue weighted by molar-refractivity contribution is 1.44. The molecule has 0 N–H and O–H groups in total. The molecule has 1 aliphatic carbocycles. The van der Waals surface area contributed by atoms with Gasteiger partial charge < -0.3 is 0 Å². The van der Waals surface area contributed by atoms with Gasteiger partial charge in [0, 0.05) is 0 Å². The number of rotatable bonds is 0. The Morgan fingerprint density at radius 1 is 1.29 bits per heavy atom. The third-order valence-corrected chi connectivity index (χ3v) is 1.95. The quantitative estimate of drug-likeness (QED) is 0.270. The molecule has 1 rings (SSSR count). The van der Waals surface area contributed by atoms with Crippen molar-refractivity contribution in [3.8, 4) is 6.19 Å². The van der Waals surface area contributed by atoms with Crippen LogP contribution in [0.25, 0.3) is 4.95 Å². The number of nitrogens with zero attached hydrogens (tertiary/aromatic N) is 4. The minimum atomic E-state index is 0.235. The highest BCUT2D eigenvalue weighted by Gasteiger charge is 2.16. The highest BCUT2D eigenvalue weighted by molar-refractivity contribution is 6.55. The molecule has 6 heteroatoms. The first kappa shape index (κ1) is 10.5. The van der Waals surface area contributed by atoms with Gasteiger partial charge >= 0.3 is 0 Å². The van der Waals surface area contributed by atoms with Crippen LogP contribution in [-0.2, 0) is 0 Å². The van der Waals surface area contributed by atoms with Crippen molar-refractivity contribution in [2.75, 3.05) is 0 Å². The lowest BCUT2D eigenvalue weighted by Crippen LogP contribution is -2.07. The summed E-state index contributed by atoms with van der Waals surface area (Å²) in [5.41, 5.74) is 0.534. The Morgan fingerprint density at radius 3 is 2.43 bits per heavy atom. The summed E-state index contributed by atoms with van der Waals surface area (Å²) in [5.74, 6) is 0. The number of allylic oxidation sites excluding steroid dienone is 4. The summed E-state index contributed by atoms with van der Waals surface area (Å²) < 4.78 is 0. The van der Waals surface area contributed by atoms with E-state index in [2.05, 4.69) is 15.0 Å². The van der Waals surface area contributed by atoms with E-state index < -0.39 is 0 Å². The summed E-state index contributed by atoms with van der Waals surface area (Å²) >= 11 is 11.5. The minimum absolute atomic E-state index is 0.235. The highest BCUT2D eigenvalue weighted by atomic mass is 35.5. The molecule has 14 heavy (non-hydrogen) atoms. The Balaban J connectivity index is 3.17. The van der Waals surface area contributed by atoms with Crippen molar-refractivity contribution in [3.05, 3.63) is 33.7 Å². The fourth-order valence-corrected chi connectivity index (χ4v) is 1.19. The van der Waals surface area contributed by atoms with E-state index >= 15 is 0 Å². The van der Waals surface area contributed by atoms with Crippen LogP contribution in [0.2, 0.25) is 0 Å². The van der Waals surface area contributed by atoms with E-state index in [4.69, 9.17) is 35.0 Å². The Bertz CT molecular complexity index is 413. The van der Waals surface area contributed by atoms with Gasteiger partial charge in [-0.15, -0.1) is 4.95 Å². The molecule has 4 nitrogen and oxygen atoms in total. The zero-order chi connectivity index (χ0) is 10.6. The molecule has 0 fully saturated rings. The number of halogens is 2. The lowest BCUT2D eigenvalue weighted by Gasteiger charge is -2.04. The predicted octanol–water partition coefficient (Wildman–Crippen LogP) is 2.44. The third-order valence-electron chi connectivity index (χ3n) is 1.34. The van der Waals surface area contributed by atoms with Gasteiger partial charge in [0.05, 0.1) is 20.9 Å². The van der Waals surface area contributed by atoms with Gasteiger partial charge in [0.2, 0.25) is 6.19 Å². The molecule has 0 aliphatic heterocycles. The second-order valence-electron chi connectivity index (χ2n) is 2.17. The van der Waals surface area contributed by atoms with Crippen molar-refractivity contribution >= 4 is 34.6 Å². The molecule has 0 aromatic heterocycles. The van der Waals surface area contributed by atoms with Crippen molar-refractivity contribution in [1.29, 1.82) is 5.26 Å². The summed E-state index contributed by atoms with van der Waals surface area (Å²) in [6.45, 7) is 6.52. The zero-order valence-corrected chi connectivity index (χ0v) is 8.21. The first-order valence-electron chi connectivity index (χ1n) is 3.35. The van der Waals surface area contributed by atoms with Crippen LogP contribution < -0.4 is 0 Å². The molecule has 1 aliphatic rings. The van der Waals surface area contributed by atoms with Gasteiger partial charge in [0.15, 0.2) is 5.71 Å². The average molecular weight is 225 g/mol. The Morgan fingerprint density at radius 2 is 1.86 bits per heavy atom. The number of nitriles is 1. The van der Waals surface area contributed by atoms with Crippen LogP contribution >= 0.6 is 23.2 Å². The van der Waals surface area contributed by atoms with Gasteiger partial charge in [-0.2, -0.15) is 16.8 Å². The van der Waals surface area contributed by atoms with Crippen LogP contribution in [0, 0.1) is 18.0 Å². The van der Waals surface area contributed by atoms with Gasteiger partial charge in [-0.25, -0.2) is 0 Å². The van der Waals surface area contributed by atoms with Crippen LogP contribution in [0.3, 0.4) is 0 Å². The van der Waals surface area contributed by atoms with Crippen LogP contribution in [0.4, 0.5) is 0 Å². The van der Waals surface area contributed by atoms with Crippen LogP contribution in [0.1, 0.15) is 0 Å². The standard InChI is InChI=1S/C8H2Cl2N4/c1-12-14-8-3-5(9)7(13-4-11)2-6(8)10/h2-3H/b13-7?,14-8-. The van der Waals surface area contributed by atoms with E-state index in [9.17, 15) is 0 Å². The maximum atomic E-state index is 8.32. The second-order valence-corrected chi connectivity index (χ2v) is 2.98. The average Bonchev–Trinajstić information content (AvgIpc) is 2.14. The number of hydrogen-bond acceptors (Lipinski definition) is 3. The molecule has 0 spiro atoms. The molecule has 0 aromatic rings. The molecule has 0 bridgehead atoms. The summed E-state index contributed by atoms with van der Waals surface area (Å²) in [6, 6.07) is 0. The molecule has 0 atom stereocenters. The lowest BCUT2D eigenvalue weighted by atomic mass is 10.1. The van der Waals surface area contributed by atoms with Gasteiger partial charge in [-0.05, 0) is 12.2 Å². The first-order chi connectivity index (χ1) is 6.69. The van der Waals surface area contributed by atoms with E-state index in [1.807, 2.05) is 0 Å². The van der Waals surface area contributed by atoms with E-state index in [-0.39, 0.29) is 21.5 Å². The highest BCUT2D eigenvalue weighted by Crippen LogP contribution is 2.19. The zero-order valence-electron chi connectivity index (χ0n) is 6.70. The Kier molecular flexibility index (Phi) is 3.41. The maximum Gasteiger partial charge on any atom is 0.206 e. The van der Waals surface area contributed by atoms with Gasteiger partial charge in [0.1, 0.15) is 0 Å². The van der Waals surface area contributed by atoms with Crippen molar-refractivity contribution in [2.45, 2.75) is 0 Å². The van der Waals surface area contributed by atoms with Gasteiger partial charge in [-0.1, -0.05) is 23.2 Å². The number of hydrogen-bond donors (Lipinski definition) is 0. The van der Waals surface area contributed by atoms with Crippen molar-refractivity contribution in [1.82, 2.24) is 0 Å². The minimum Gasteiger partial charge on any atom is -0.181 e. The van der Waals surface area contributed by atoms with Crippen molar-refractivity contribution in [2.24, 2.45) is 10.1 Å². The van der Waals surface area contributed by atoms with Crippen LogP contribution in [0.15, 0.2) is 32.3 Å². The van der Waals surface area contributed by atoms with Crippen LogP contribution in [-0.4, -0.2) is 11.4 Å². The van der Waals surface area contributed by atoms with Gasteiger partial charge in [-0.3, -0.25) is 0 Å². The largest absolute Gasteiger partial charge is 0.206 e. The SMILES string of the molecule is [C-]#[N+]/N=C1/C=C(Cl)C(=NC#N)C=C1Cl. The summed E-state index contributed by atoms with van der Waals surface area (Å²) in [6.07, 6.45) is 4.37. The molecule has 0 aromatic carbocycles. The monoisotopic (exact) mass is 224 g/mol. The summed E-state index contributed by atoms with van der Waals surface area (Å²) in [7, 11) is 0. The van der Waals surface area contributed by atoms with Crippen molar-refractivity contribution < 1.29 is 0 Å². The molecule has 0 heterocycles. The molecule has 0 unspecified atom stereocenters. The number of aliphatic imine (C=N–C) groups is 1. The van der Waals surface area contributed by atoms with E-state index in [0.29, 0.717) is 0 Å². The normalized spacial score (nSPS) is 21.1. The van der Waals surface area contributed by atoms with Gasteiger partial charge in [0.25, 0.3) is 0 Å². The summed E-state index contributed by atoms with van der Waals surface area (Å²) in [5, 5.41) is 12.2. The predicted molar refractivity (Wildman–Crippen MR) is 55.0 cm³/mol. The molecule has 0 radical (unpaired) electrons. The Labute approximate surface area is 90.3 Å². The molecular formula is C8H2Cl2N4. The Hall–Kier alpha value is -1.62. The molecule has 0 saturated heterocycles. The third kappa shape index (κ3) is 2.20. The fraction of sp³-hybridized carbons (Fsp3) is 0. The maximum absolute atomic E-state index is 8.32. The van der Waals surface area contributed by atoms with E-state index in [1.165, 1.54) is 12.2 Å². The first-order valence-corrected chi connectivity index (χ1v) is 4.11. The topological polar surface area (TPSA) is 52.9 Å². The second kappa shape index (κ2) is 4.57. The van der Waals surface area contributed by atoms with Crippen LogP contribution in [0.5, 0.6) is 0 Å².